The van der Waals surface area contributed by atoms with Crippen molar-refractivity contribution in [2.45, 2.75) is 4.90 Å². The Morgan fingerprint density at radius 1 is 1.04 bits per heavy atom. The van der Waals surface area contributed by atoms with Crippen LogP contribution in [0.1, 0.15) is 10.5 Å². The fraction of sp³-hybridized carbons (Fsp3) is 0.0556. The van der Waals surface area contributed by atoms with Crippen molar-refractivity contribution in [1.82, 2.24) is 4.57 Å². The Morgan fingerprint density at radius 3 is 2.08 bits per heavy atom. The van der Waals surface area contributed by atoms with Crippen LogP contribution in [0.2, 0.25) is 0 Å². The van der Waals surface area contributed by atoms with Crippen molar-refractivity contribution >= 4 is 32.0 Å². The average Bonchev–Trinajstić information content (AvgIpc) is 2.99. The van der Waals surface area contributed by atoms with E-state index in [9.17, 15) is 13.2 Å². The molecule has 3 rings (SSSR count). The number of halogens is 1. The fourth-order valence-corrected chi connectivity index (χ4v) is 3.70. The third-order valence-corrected chi connectivity index (χ3v) is 5.50. The Hall–Kier alpha value is -2.58. The van der Waals surface area contributed by atoms with Crippen LogP contribution < -0.4 is 9.92 Å². The van der Waals surface area contributed by atoms with E-state index in [1.165, 1.54) is 23.9 Å². The Kier molecular flexibility index (Phi) is 4.88. The summed E-state index contributed by atoms with van der Waals surface area (Å²) >= 11 is 3.38. The number of primary amides is 1. The smallest absolute Gasteiger partial charge is 0.340 e. The van der Waals surface area contributed by atoms with Gasteiger partial charge in [-0.15, -0.1) is 0 Å². The third kappa shape index (κ3) is 3.81. The topological polar surface area (TPSA) is 91.4 Å². The molecule has 1 amide bonds. The van der Waals surface area contributed by atoms with E-state index in [-0.39, 0.29) is 16.3 Å². The Labute approximate surface area is 159 Å². The zero-order valence-corrected chi connectivity index (χ0v) is 16.1. The third-order valence-electron chi connectivity index (χ3n) is 3.76. The van der Waals surface area contributed by atoms with E-state index in [1.807, 2.05) is 24.3 Å². The van der Waals surface area contributed by atoms with E-state index in [0.717, 1.165) is 15.6 Å². The molecule has 0 aliphatic heterocycles. The molecular weight excluding hydrogens is 420 g/mol. The van der Waals surface area contributed by atoms with Crippen LogP contribution in [-0.2, 0) is 17.2 Å². The van der Waals surface area contributed by atoms with Gasteiger partial charge in [0.15, 0.2) is 0 Å². The summed E-state index contributed by atoms with van der Waals surface area (Å²) in [6.07, 6.45) is 1.28. The molecule has 0 saturated carbocycles. The maximum Gasteiger partial charge on any atom is 0.340 e. The number of nitrogens with two attached hydrogens (primary N) is 1. The van der Waals surface area contributed by atoms with Gasteiger partial charge in [-0.05, 0) is 41.5 Å². The predicted octanol–water partition coefficient (Wildman–Crippen LogP) is 3.32. The van der Waals surface area contributed by atoms with E-state index in [1.54, 1.807) is 24.3 Å². The van der Waals surface area contributed by atoms with Crippen LogP contribution in [-0.4, -0.2) is 18.9 Å². The lowest BCUT2D eigenvalue weighted by Gasteiger charge is -2.07. The predicted molar refractivity (Wildman–Crippen MR) is 101 cm³/mol. The summed E-state index contributed by atoms with van der Waals surface area (Å²) < 4.78 is 32.2. The van der Waals surface area contributed by atoms with Crippen molar-refractivity contribution in [3.05, 3.63) is 71.0 Å². The van der Waals surface area contributed by atoms with Crippen molar-refractivity contribution < 1.29 is 17.4 Å². The molecule has 1 heterocycles. The number of carbonyl (C=O) groups excluding carboxylic acids is 1. The maximum atomic E-state index is 12.4. The van der Waals surface area contributed by atoms with Crippen LogP contribution in [0.4, 0.5) is 0 Å². The maximum absolute atomic E-state index is 12.4. The van der Waals surface area contributed by atoms with Gasteiger partial charge in [-0.25, -0.2) is 0 Å². The molecule has 0 atom stereocenters. The SMILES string of the molecule is Cn1cc(S(=O)(=O)Oc2ccc(-c3ccc(Br)cc3)cc2)cc1C(N)=O. The lowest BCUT2D eigenvalue weighted by Crippen LogP contribution is -2.14. The highest BCUT2D eigenvalue weighted by Gasteiger charge is 2.21. The molecule has 0 spiro atoms. The largest absolute Gasteiger partial charge is 0.379 e. The second-order valence-electron chi connectivity index (χ2n) is 5.60. The molecule has 0 bridgehead atoms. The summed E-state index contributed by atoms with van der Waals surface area (Å²) in [5, 5.41) is 0. The number of aryl methyl sites for hydroxylation is 1. The molecule has 0 fully saturated rings. The highest BCUT2D eigenvalue weighted by Crippen LogP contribution is 2.26. The van der Waals surface area contributed by atoms with Gasteiger partial charge in [0.2, 0.25) is 0 Å². The molecule has 3 aromatic rings. The van der Waals surface area contributed by atoms with Gasteiger partial charge >= 0.3 is 10.1 Å². The van der Waals surface area contributed by atoms with Crippen LogP contribution in [0.3, 0.4) is 0 Å². The first-order valence-corrected chi connectivity index (χ1v) is 9.73. The molecule has 0 aliphatic carbocycles. The van der Waals surface area contributed by atoms with Crippen molar-refractivity contribution in [3.63, 3.8) is 0 Å². The van der Waals surface area contributed by atoms with E-state index in [0.29, 0.717) is 0 Å². The number of hydrogen-bond donors (Lipinski definition) is 1. The summed E-state index contributed by atoms with van der Waals surface area (Å²) in [7, 11) is -2.53. The lowest BCUT2D eigenvalue weighted by molar-refractivity contribution is 0.0992. The number of benzene rings is 2. The molecular formula is C18H15BrN2O4S. The molecule has 1 aromatic heterocycles. The zero-order valence-electron chi connectivity index (χ0n) is 13.7. The molecule has 8 heteroatoms. The molecule has 0 saturated heterocycles. The number of aromatic nitrogens is 1. The standard InChI is InChI=1S/C18H15BrN2O4S/c1-21-11-16(10-17(21)18(20)22)26(23,24)25-15-8-4-13(5-9-15)12-2-6-14(19)7-3-12/h2-11H,1H3,(H2,20,22). The van der Waals surface area contributed by atoms with Gasteiger partial charge in [0.05, 0.1) is 0 Å². The summed E-state index contributed by atoms with van der Waals surface area (Å²) in [6.45, 7) is 0. The summed E-state index contributed by atoms with van der Waals surface area (Å²) in [4.78, 5) is 11.1. The molecule has 26 heavy (non-hydrogen) atoms. The molecule has 0 unspecified atom stereocenters. The highest BCUT2D eigenvalue weighted by molar-refractivity contribution is 9.10. The molecule has 134 valence electrons. The van der Waals surface area contributed by atoms with Gasteiger partial charge in [-0.1, -0.05) is 40.2 Å². The molecule has 2 aromatic carbocycles. The number of nitrogens with zero attached hydrogens (tertiary/aromatic N) is 1. The van der Waals surface area contributed by atoms with Gasteiger partial charge in [0, 0.05) is 17.7 Å². The molecule has 0 radical (unpaired) electrons. The van der Waals surface area contributed by atoms with Gasteiger partial charge in [0.25, 0.3) is 5.91 Å². The summed E-state index contributed by atoms with van der Waals surface area (Å²) in [5.74, 6) is -0.539. The summed E-state index contributed by atoms with van der Waals surface area (Å²) in [6, 6.07) is 15.6. The fourth-order valence-electron chi connectivity index (χ4n) is 2.44. The Morgan fingerprint density at radius 2 is 1.58 bits per heavy atom. The van der Waals surface area contributed by atoms with Crippen LogP contribution in [0.25, 0.3) is 11.1 Å². The minimum Gasteiger partial charge on any atom is -0.379 e. The normalized spacial score (nSPS) is 11.3. The minimum atomic E-state index is -4.07. The van der Waals surface area contributed by atoms with E-state index in [2.05, 4.69) is 15.9 Å². The average molecular weight is 435 g/mol. The highest BCUT2D eigenvalue weighted by atomic mass is 79.9. The zero-order chi connectivity index (χ0) is 18.9. The monoisotopic (exact) mass is 434 g/mol. The second kappa shape index (κ2) is 6.97. The van der Waals surface area contributed by atoms with E-state index >= 15 is 0 Å². The van der Waals surface area contributed by atoms with Crippen LogP contribution in [0, 0.1) is 0 Å². The second-order valence-corrected chi connectivity index (χ2v) is 8.07. The first-order chi connectivity index (χ1) is 12.3. The number of amides is 1. The Bertz CT molecular complexity index is 1060. The van der Waals surface area contributed by atoms with E-state index < -0.39 is 16.0 Å². The van der Waals surface area contributed by atoms with Crippen molar-refractivity contribution in [3.8, 4) is 16.9 Å². The number of hydrogen-bond acceptors (Lipinski definition) is 4. The molecule has 0 aliphatic rings. The molecule has 6 nitrogen and oxygen atoms in total. The van der Waals surface area contributed by atoms with Gasteiger partial charge < -0.3 is 14.5 Å². The summed E-state index contributed by atoms with van der Waals surface area (Å²) in [5.41, 5.74) is 7.21. The van der Waals surface area contributed by atoms with Crippen LogP contribution in [0.15, 0.2) is 70.2 Å². The minimum absolute atomic E-state index is 0.0813. The van der Waals surface area contributed by atoms with Crippen molar-refractivity contribution in [2.75, 3.05) is 0 Å². The lowest BCUT2D eigenvalue weighted by atomic mass is 10.1. The van der Waals surface area contributed by atoms with Gasteiger partial charge in [-0.3, -0.25) is 4.79 Å². The van der Waals surface area contributed by atoms with Crippen molar-refractivity contribution in [1.29, 1.82) is 0 Å². The first kappa shape index (κ1) is 18.2. The van der Waals surface area contributed by atoms with E-state index in [4.69, 9.17) is 9.92 Å². The van der Waals surface area contributed by atoms with Gasteiger partial charge in [-0.2, -0.15) is 8.42 Å². The van der Waals surface area contributed by atoms with Crippen LogP contribution >= 0.6 is 15.9 Å². The van der Waals surface area contributed by atoms with Crippen LogP contribution in [0.5, 0.6) is 5.75 Å². The number of carbonyl (C=O) groups is 1. The molecule has 2 N–H and O–H groups in total. The Balaban J connectivity index is 1.83. The quantitative estimate of drug-likeness (QED) is 0.623. The van der Waals surface area contributed by atoms with Crippen molar-refractivity contribution in [2.24, 2.45) is 12.8 Å². The van der Waals surface area contributed by atoms with Gasteiger partial charge in [0.1, 0.15) is 16.3 Å². The first-order valence-electron chi connectivity index (χ1n) is 7.53. The number of rotatable bonds is 5.